The van der Waals surface area contributed by atoms with Gasteiger partial charge in [-0.1, -0.05) is 35.3 Å². The molecule has 136 valence electrons. The van der Waals surface area contributed by atoms with Crippen LogP contribution in [0.3, 0.4) is 0 Å². The fraction of sp³-hybridized carbons (Fsp3) is 0.300. The zero-order chi connectivity index (χ0) is 18.5. The van der Waals surface area contributed by atoms with Crippen molar-refractivity contribution in [2.45, 2.75) is 19.4 Å². The summed E-state index contributed by atoms with van der Waals surface area (Å²) < 4.78 is 0. The van der Waals surface area contributed by atoms with E-state index in [-0.39, 0.29) is 11.8 Å². The summed E-state index contributed by atoms with van der Waals surface area (Å²) in [7, 11) is 0. The largest absolute Gasteiger partial charge is 0.371 e. The van der Waals surface area contributed by atoms with Crippen LogP contribution >= 0.6 is 23.2 Å². The number of carbonyl (C=O) groups excluding carboxylic acids is 2. The van der Waals surface area contributed by atoms with E-state index in [0.717, 1.165) is 43.5 Å². The highest BCUT2D eigenvalue weighted by atomic mass is 35.5. The zero-order valence-electron chi connectivity index (χ0n) is 14.3. The first-order valence-electron chi connectivity index (χ1n) is 8.59. The van der Waals surface area contributed by atoms with Crippen LogP contribution in [0.5, 0.6) is 0 Å². The van der Waals surface area contributed by atoms with Crippen LogP contribution in [0, 0.1) is 5.92 Å². The van der Waals surface area contributed by atoms with E-state index in [9.17, 15) is 9.59 Å². The highest BCUT2D eigenvalue weighted by Crippen LogP contribution is 2.26. The first kappa shape index (κ1) is 18.7. The van der Waals surface area contributed by atoms with E-state index in [0.29, 0.717) is 22.2 Å². The van der Waals surface area contributed by atoms with Crippen LogP contribution in [-0.2, 0) is 11.3 Å². The quantitative estimate of drug-likeness (QED) is 0.772. The number of piperidine rings is 1. The average Bonchev–Trinajstić information content (AvgIpc) is 2.69. The molecular weight excluding hydrogens is 371 g/mol. The van der Waals surface area contributed by atoms with Crippen LogP contribution in [0.2, 0.25) is 10.0 Å². The van der Waals surface area contributed by atoms with Gasteiger partial charge in [-0.05, 0) is 48.7 Å². The number of nitrogens with one attached hydrogen (secondary N) is 1. The SMILES string of the molecule is O=Cc1ccc(N2CCC(C(=O)NCc3cccc(Cl)c3Cl)CC2)cc1. The van der Waals surface area contributed by atoms with E-state index in [1.54, 1.807) is 6.07 Å². The number of anilines is 1. The summed E-state index contributed by atoms with van der Waals surface area (Å²) in [6, 6.07) is 12.9. The van der Waals surface area contributed by atoms with Gasteiger partial charge in [-0.15, -0.1) is 0 Å². The van der Waals surface area contributed by atoms with Gasteiger partial charge in [-0.25, -0.2) is 0 Å². The third kappa shape index (κ3) is 4.37. The van der Waals surface area contributed by atoms with E-state index in [2.05, 4.69) is 10.2 Å². The Kier molecular flexibility index (Phi) is 6.17. The Morgan fingerprint density at radius 1 is 1.12 bits per heavy atom. The predicted molar refractivity (Wildman–Crippen MR) is 105 cm³/mol. The smallest absolute Gasteiger partial charge is 0.223 e. The van der Waals surface area contributed by atoms with Gasteiger partial charge in [0.1, 0.15) is 6.29 Å². The molecule has 0 aromatic heterocycles. The lowest BCUT2D eigenvalue weighted by Crippen LogP contribution is -2.40. The van der Waals surface area contributed by atoms with Gasteiger partial charge in [0.15, 0.2) is 0 Å². The van der Waals surface area contributed by atoms with E-state index in [4.69, 9.17) is 23.2 Å². The summed E-state index contributed by atoms with van der Waals surface area (Å²) in [6.45, 7) is 2.01. The Morgan fingerprint density at radius 2 is 1.81 bits per heavy atom. The normalized spacial score (nSPS) is 14.9. The molecule has 1 aliphatic rings. The number of carbonyl (C=O) groups is 2. The molecule has 3 rings (SSSR count). The fourth-order valence-corrected chi connectivity index (χ4v) is 3.56. The predicted octanol–water partition coefficient (Wildman–Crippen LogP) is 4.34. The van der Waals surface area contributed by atoms with Crippen molar-refractivity contribution in [2.24, 2.45) is 5.92 Å². The molecule has 6 heteroatoms. The molecule has 1 saturated heterocycles. The molecular formula is C20H20Cl2N2O2. The second-order valence-electron chi connectivity index (χ2n) is 6.40. The van der Waals surface area contributed by atoms with E-state index in [1.807, 2.05) is 36.4 Å². The highest BCUT2D eigenvalue weighted by Gasteiger charge is 2.25. The van der Waals surface area contributed by atoms with Crippen LogP contribution < -0.4 is 10.2 Å². The van der Waals surface area contributed by atoms with Crippen LogP contribution in [0.15, 0.2) is 42.5 Å². The maximum absolute atomic E-state index is 12.4. The number of benzene rings is 2. The molecule has 26 heavy (non-hydrogen) atoms. The van der Waals surface area contributed by atoms with Gasteiger partial charge in [-0.2, -0.15) is 0 Å². The maximum Gasteiger partial charge on any atom is 0.223 e. The lowest BCUT2D eigenvalue weighted by Gasteiger charge is -2.33. The Bertz CT molecular complexity index is 785. The Labute approximate surface area is 163 Å². The molecule has 1 heterocycles. The maximum atomic E-state index is 12.4. The Hall–Kier alpha value is -2.04. The number of halogens is 2. The number of hydrogen-bond acceptors (Lipinski definition) is 3. The van der Waals surface area contributed by atoms with Gasteiger partial charge in [0.2, 0.25) is 5.91 Å². The van der Waals surface area contributed by atoms with Crippen molar-refractivity contribution in [2.75, 3.05) is 18.0 Å². The number of amides is 1. The summed E-state index contributed by atoms with van der Waals surface area (Å²) in [5.41, 5.74) is 2.57. The lowest BCUT2D eigenvalue weighted by molar-refractivity contribution is -0.125. The standard InChI is InChI=1S/C20H20Cl2N2O2/c21-18-3-1-2-16(19(18)22)12-23-20(26)15-8-10-24(11-9-15)17-6-4-14(13-25)5-7-17/h1-7,13,15H,8-12H2,(H,23,26). The van der Waals surface area contributed by atoms with Gasteiger partial charge in [0, 0.05) is 36.8 Å². The van der Waals surface area contributed by atoms with Crippen molar-refractivity contribution in [1.29, 1.82) is 0 Å². The highest BCUT2D eigenvalue weighted by molar-refractivity contribution is 6.42. The summed E-state index contributed by atoms with van der Waals surface area (Å²) in [5.74, 6) is 0.0513. The summed E-state index contributed by atoms with van der Waals surface area (Å²) in [4.78, 5) is 25.4. The van der Waals surface area contributed by atoms with Gasteiger partial charge in [-0.3, -0.25) is 9.59 Å². The molecule has 0 unspecified atom stereocenters. The average molecular weight is 391 g/mol. The molecule has 1 aliphatic heterocycles. The minimum Gasteiger partial charge on any atom is -0.371 e. The second kappa shape index (κ2) is 8.56. The summed E-state index contributed by atoms with van der Waals surface area (Å²) in [6.07, 6.45) is 2.43. The van der Waals surface area contributed by atoms with E-state index >= 15 is 0 Å². The minimum atomic E-state index is -0.00143. The molecule has 1 N–H and O–H groups in total. The fourth-order valence-electron chi connectivity index (χ4n) is 3.18. The van der Waals surface area contributed by atoms with E-state index in [1.165, 1.54) is 0 Å². The van der Waals surface area contributed by atoms with Crippen molar-refractivity contribution in [3.63, 3.8) is 0 Å². The molecule has 1 amide bonds. The van der Waals surface area contributed by atoms with Crippen molar-refractivity contribution in [3.05, 3.63) is 63.6 Å². The lowest BCUT2D eigenvalue weighted by atomic mass is 9.95. The number of aldehydes is 1. The van der Waals surface area contributed by atoms with Crippen LogP contribution in [-0.4, -0.2) is 25.3 Å². The number of rotatable bonds is 5. The van der Waals surface area contributed by atoms with Crippen molar-refractivity contribution < 1.29 is 9.59 Å². The molecule has 0 saturated carbocycles. The molecule has 2 aromatic carbocycles. The zero-order valence-corrected chi connectivity index (χ0v) is 15.8. The third-order valence-corrected chi connectivity index (χ3v) is 5.60. The van der Waals surface area contributed by atoms with Crippen LogP contribution in [0.25, 0.3) is 0 Å². The molecule has 0 spiro atoms. The van der Waals surface area contributed by atoms with Crippen molar-refractivity contribution >= 4 is 41.1 Å². The van der Waals surface area contributed by atoms with Crippen LogP contribution in [0.4, 0.5) is 5.69 Å². The van der Waals surface area contributed by atoms with Crippen molar-refractivity contribution in [1.82, 2.24) is 5.32 Å². The number of nitrogens with zero attached hydrogens (tertiary/aromatic N) is 1. The van der Waals surface area contributed by atoms with Gasteiger partial charge < -0.3 is 10.2 Å². The monoisotopic (exact) mass is 390 g/mol. The van der Waals surface area contributed by atoms with Crippen molar-refractivity contribution in [3.8, 4) is 0 Å². The molecule has 0 aliphatic carbocycles. The minimum absolute atomic E-state index is 0.00143. The van der Waals surface area contributed by atoms with Gasteiger partial charge in [0.05, 0.1) is 10.0 Å². The Morgan fingerprint density at radius 3 is 2.46 bits per heavy atom. The summed E-state index contributed by atoms with van der Waals surface area (Å²) >= 11 is 12.2. The molecule has 4 nitrogen and oxygen atoms in total. The van der Waals surface area contributed by atoms with Crippen LogP contribution in [0.1, 0.15) is 28.8 Å². The second-order valence-corrected chi connectivity index (χ2v) is 7.19. The van der Waals surface area contributed by atoms with E-state index < -0.39 is 0 Å². The first-order valence-corrected chi connectivity index (χ1v) is 9.35. The number of hydrogen-bond donors (Lipinski definition) is 1. The molecule has 0 atom stereocenters. The Balaban J connectivity index is 1.51. The van der Waals surface area contributed by atoms with Gasteiger partial charge >= 0.3 is 0 Å². The first-order chi connectivity index (χ1) is 12.6. The topological polar surface area (TPSA) is 49.4 Å². The molecule has 0 bridgehead atoms. The third-order valence-electron chi connectivity index (χ3n) is 4.74. The van der Waals surface area contributed by atoms with Gasteiger partial charge in [0.25, 0.3) is 0 Å². The summed E-state index contributed by atoms with van der Waals surface area (Å²) in [5, 5.41) is 3.95. The molecule has 0 radical (unpaired) electrons. The molecule has 1 fully saturated rings. The molecule has 2 aromatic rings.